The van der Waals surface area contributed by atoms with Gasteiger partial charge in [-0.2, -0.15) is 0 Å². The second kappa shape index (κ2) is 8.13. The number of aromatic nitrogens is 1. The summed E-state index contributed by atoms with van der Waals surface area (Å²) in [5.41, 5.74) is 3.38. The van der Waals surface area contributed by atoms with Crippen LogP contribution in [-0.2, 0) is 6.54 Å². The van der Waals surface area contributed by atoms with E-state index in [1.165, 1.54) is 0 Å². The van der Waals surface area contributed by atoms with Crippen molar-refractivity contribution in [3.05, 3.63) is 82.6 Å². The standard InChI is InChI=1S/C23H21ClN2O3/c1-28-22-10-17-20(12-23(22)29-2)26(14-15-6-5-9-25-13-15)19(11-21(17)27)16-7-3-4-8-18(16)24/h3-10,12-13,19H,11,14H2,1-2H3. The molecule has 6 heteroatoms. The second-order valence-corrected chi connectivity index (χ2v) is 7.29. The lowest BCUT2D eigenvalue weighted by Gasteiger charge is -2.39. The van der Waals surface area contributed by atoms with Crippen LogP contribution < -0.4 is 14.4 Å². The minimum atomic E-state index is -0.193. The van der Waals surface area contributed by atoms with Gasteiger partial charge in [-0.15, -0.1) is 0 Å². The summed E-state index contributed by atoms with van der Waals surface area (Å²) in [4.78, 5) is 19.5. The molecule has 0 spiro atoms. The van der Waals surface area contributed by atoms with E-state index in [4.69, 9.17) is 21.1 Å². The van der Waals surface area contributed by atoms with Crippen LogP contribution in [0, 0.1) is 0 Å². The third-order valence-electron chi connectivity index (χ3n) is 5.21. The summed E-state index contributed by atoms with van der Waals surface area (Å²) in [6.45, 7) is 0.583. The molecule has 0 aliphatic carbocycles. The second-order valence-electron chi connectivity index (χ2n) is 6.88. The summed E-state index contributed by atoms with van der Waals surface area (Å²) in [6, 6.07) is 15.0. The summed E-state index contributed by atoms with van der Waals surface area (Å²) < 4.78 is 10.9. The molecule has 1 unspecified atom stereocenters. The van der Waals surface area contributed by atoms with Crippen molar-refractivity contribution in [1.82, 2.24) is 4.98 Å². The molecule has 29 heavy (non-hydrogen) atoms. The van der Waals surface area contributed by atoms with E-state index in [2.05, 4.69) is 9.88 Å². The third-order valence-corrected chi connectivity index (χ3v) is 5.55. The SMILES string of the molecule is COc1cc2c(cc1OC)N(Cc1cccnc1)C(c1ccccc1Cl)CC2=O. The zero-order valence-electron chi connectivity index (χ0n) is 16.3. The van der Waals surface area contributed by atoms with E-state index in [1.807, 2.05) is 48.7 Å². The number of Topliss-reactive ketones (excluding diaryl/α,β-unsaturated/α-hetero) is 1. The van der Waals surface area contributed by atoms with Crippen LogP contribution in [0.2, 0.25) is 5.02 Å². The van der Waals surface area contributed by atoms with Crippen molar-refractivity contribution < 1.29 is 14.3 Å². The van der Waals surface area contributed by atoms with Gasteiger partial charge in [-0.05, 0) is 29.3 Å². The Balaban J connectivity index is 1.88. The average molecular weight is 409 g/mol. The highest BCUT2D eigenvalue weighted by atomic mass is 35.5. The first-order valence-electron chi connectivity index (χ1n) is 9.31. The highest BCUT2D eigenvalue weighted by Gasteiger charge is 2.34. The van der Waals surface area contributed by atoms with Gasteiger partial charge in [-0.25, -0.2) is 0 Å². The van der Waals surface area contributed by atoms with Crippen LogP contribution in [0.5, 0.6) is 11.5 Å². The molecule has 1 aliphatic heterocycles. The number of anilines is 1. The molecule has 0 bridgehead atoms. The lowest BCUT2D eigenvalue weighted by molar-refractivity contribution is 0.0965. The molecule has 2 heterocycles. The van der Waals surface area contributed by atoms with Crippen LogP contribution in [0.15, 0.2) is 60.9 Å². The normalized spacial score (nSPS) is 15.8. The summed E-state index contributed by atoms with van der Waals surface area (Å²) in [5, 5.41) is 0.644. The van der Waals surface area contributed by atoms with Gasteiger partial charge in [-0.1, -0.05) is 35.9 Å². The van der Waals surface area contributed by atoms with Crippen LogP contribution >= 0.6 is 11.6 Å². The molecule has 0 saturated carbocycles. The predicted molar refractivity (Wildman–Crippen MR) is 113 cm³/mol. The molecule has 3 aromatic rings. The molecule has 0 amide bonds. The van der Waals surface area contributed by atoms with E-state index in [0.29, 0.717) is 35.1 Å². The van der Waals surface area contributed by atoms with E-state index in [1.54, 1.807) is 26.5 Å². The molecular weight excluding hydrogens is 388 g/mol. The van der Waals surface area contributed by atoms with Crippen LogP contribution in [0.4, 0.5) is 5.69 Å². The first kappa shape index (κ1) is 19.3. The van der Waals surface area contributed by atoms with Gasteiger partial charge in [0.05, 0.1) is 25.9 Å². The van der Waals surface area contributed by atoms with Gasteiger partial charge < -0.3 is 14.4 Å². The Labute approximate surface area is 174 Å². The maximum atomic E-state index is 13.1. The summed E-state index contributed by atoms with van der Waals surface area (Å²) in [5.74, 6) is 1.17. The van der Waals surface area contributed by atoms with Crippen molar-refractivity contribution >= 4 is 23.1 Å². The molecule has 1 atom stereocenters. The van der Waals surface area contributed by atoms with Crippen LogP contribution in [0.3, 0.4) is 0 Å². The van der Waals surface area contributed by atoms with Crippen molar-refractivity contribution in [2.45, 2.75) is 19.0 Å². The van der Waals surface area contributed by atoms with E-state index < -0.39 is 0 Å². The molecule has 0 N–H and O–H groups in total. The number of carbonyl (C=O) groups excluding carboxylic acids is 1. The zero-order valence-corrected chi connectivity index (χ0v) is 17.0. The number of ether oxygens (including phenoxy) is 2. The monoisotopic (exact) mass is 408 g/mol. The minimum Gasteiger partial charge on any atom is -0.493 e. The van der Waals surface area contributed by atoms with Gasteiger partial charge in [-0.3, -0.25) is 9.78 Å². The number of benzene rings is 2. The van der Waals surface area contributed by atoms with Gasteiger partial charge in [0.25, 0.3) is 0 Å². The van der Waals surface area contributed by atoms with Crippen molar-refractivity contribution in [3.8, 4) is 11.5 Å². The van der Waals surface area contributed by atoms with E-state index in [9.17, 15) is 4.79 Å². The number of rotatable bonds is 5. The lowest BCUT2D eigenvalue weighted by atomic mass is 9.89. The summed E-state index contributed by atoms with van der Waals surface area (Å²) >= 11 is 6.51. The largest absolute Gasteiger partial charge is 0.493 e. The smallest absolute Gasteiger partial charge is 0.167 e. The fraction of sp³-hybridized carbons (Fsp3) is 0.217. The van der Waals surface area contributed by atoms with E-state index in [-0.39, 0.29) is 11.8 Å². The number of nitrogens with zero attached hydrogens (tertiary/aromatic N) is 2. The Hall–Kier alpha value is -3.05. The molecule has 5 nitrogen and oxygen atoms in total. The topological polar surface area (TPSA) is 51.7 Å². The van der Waals surface area contributed by atoms with Crippen LogP contribution in [-0.4, -0.2) is 25.0 Å². The first-order chi connectivity index (χ1) is 14.1. The molecule has 4 rings (SSSR count). The molecule has 2 aromatic carbocycles. The maximum Gasteiger partial charge on any atom is 0.167 e. The molecule has 1 aromatic heterocycles. The van der Waals surface area contributed by atoms with Gasteiger partial charge in [0.2, 0.25) is 0 Å². The number of pyridine rings is 1. The molecule has 0 fully saturated rings. The molecule has 1 aliphatic rings. The summed E-state index contributed by atoms with van der Waals surface area (Å²) in [6.07, 6.45) is 3.91. The van der Waals surface area contributed by atoms with Crippen LogP contribution in [0.25, 0.3) is 0 Å². The van der Waals surface area contributed by atoms with Crippen molar-refractivity contribution in [3.63, 3.8) is 0 Å². The number of hydrogen-bond donors (Lipinski definition) is 0. The highest BCUT2D eigenvalue weighted by Crippen LogP contribution is 2.45. The summed E-state index contributed by atoms with van der Waals surface area (Å²) in [7, 11) is 3.16. The molecular formula is C23H21ClN2O3. The maximum absolute atomic E-state index is 13.1. The highest BCUT2D eigenvalue weighted by molar-refractivity contribution is 6.31. The molecule has 0 saturated heterocycles. The van der Waals surface area contributed by atoms with Gasteiger partial charge in [0.1, 0.15) is 0 Å². The number of fused-ring (bicyclic) bond motifs is 1. The Morgan fingerprint density at radius 1 is 1.10 bits per heavy atom. The fourth-order valence-corrected chi connectivity index (χ4v) is 4.06. The number of ketones is 1. The fourth-order valence-electron chi connectivity index (χ4n) is 3.80. The van der Waals surface area contributed by atoms with Crippen molar-refractivity contribution in [2.24, 2.45) is 0 Å². The number of hydrogen-bond acceptors (Lipinski definition) is 5. The quantitative estimate of drug-likeness (QED) is 0.588. The molecule has 0 radical (unpaired) electrons. The molecule has 148 valence electrons. The lowest BCUT2D eigenvalue weighted by Crippen LogP contribution is -2.35. The predicted octanol–water partition coefficient (Wildman–Crippen LogP) is 5.09. The average Bonchev–Trinajstić information content (AvgIpc) is 2.76. The Morgan fingerprint density at radius 3 is 2.55 bits per heavy atom. The van der Waals surface area contributed by atoms with E-state index in [0.717, 1.165) is 16.8 Å². The Morgan fingerprint density at radius 2 is 1.86 bits per heavy atom. The number of methoxy groups -OCH3 is 2. The number of halogens is 1. The van der Waals surface area contributed by atoms with Crippen molar-refractivity contribution in [2.75, 3.05) is 19.1 Å². The zero-order chi connectivity index (χ0) is 20.4. The Bertz CT molecular complexity index is 1040. The van der Waals surface area contributed by atoms with Crippen LogP contribution in [0.1, 0.15) is 33.9 Å². The van der Waals surface area contributed by atoms with Crippen molar-refractivity contribution in [1.29, 1.82) is 0 Å². The minimum absolute atomic E-state index is 0.0494. The van der Waals surface area contributed by atoms with Gasteiger partial charge in [0, 0.05) is 42.0 Å². The van der Waals surface area contributed by atoms with E-state index >= 15 is 0 Å². The third kappa shape index (κ3) is 3.66. The number of carbonyl (C=O) groups is 1. The van der Waals surface area contributed by atoms with Gasteiger partial charge in [0.15, 0.2) is 17.3 Å². The first-order valence-corrected chi connectivity index (χ1v) is 9.69. The van der Waals surface area contributed by atoms with Gasteiger partial charge >= 0.3 is 0 Å². The Kier molecular flexibility index (Phi) is 5.41.